The molecule has 4 unspecified atom stereocenters. The van der Waals surface area contributed by atoms with Gasteiger partial charge in [0, 0.05) is 12.6 Å². The Hall–Kier alpha value is -0.200. The van der Waals surface area contributed by atoms with Gasteiger partial charge in [-0.15, -0.1) is 0 Å². The summed E-state index contributed by atoms with van der Waals surface area (Å²) in [5, 5.41) is 13.5. The lowest BCUT2D eigenvalue weighted by Crippen LogP contribution is -2.44. The molecular formula is C16H29NO4. The Balaban J connectivity index is 1.29. The van der Waals surface area contributed by atoms with Gasteiger partial charge in [0.15, 0.2) is 0 Å². The van der Waals surface area contributed by atoms with E-state index in [2.05, 4.69) is 5.32 Å². The van der Waals surface area contributed by atoms with E-state index in [1.54, 1.807) is 0 Å². The van der Waals surface area contributed by atoms with Crippen LogP contribution in [-0.4, -0.2) is 55.5 Å². The van der Waals surface area contributed by atoms with Gasteiger partial charge in [-0.05, 0) is 32.1 Å². The van der Waals surface area contributed by atoms with E-state index in [1.165, 1.54) is 19.3 Å². The second-order valence-corrected chi connectivity index (χ2v) is 6.69. The highest BCUT2D eigenvalue weighted by atomic mass is 16.7. The quantitative estimate of drug-likeness (QED) is 0.780. The Morgan fingerprint density at radius 3 is 2.71 bits per heavy atom. The Morgan fingerprint density at radius 1 is 1.05 bits per heavy atom. The van der Waals surface area contributed by atoms with Crippen LogP contribution >= 0.6 is 0 Å². The third-order valence-electron chi connectivity index (χ3n) is 5.01. The molecule has 0 radical (unpaired) electrons. The van der Waals surface area contributed by atoms with Gasteiger partial charge in [-0.1, -0.05) is 19.3 Å². The van der Waals surface area contributed by atoms with Gasteiger partial charge in [-0.3, -0.25) is 0 Å². The first-order valence-corrected chi connectivity index (χ1v) is 8.57. The van der Waals surface area contributed by atoms with Gasteiger partial charge in [-0.25, -0.2) is 0 Å². The van der Waals surface area contributed by atoms with Crippen LogP contribution in [0, 0.1) is 0 Å². The fraction of sp³-hybridized carbons (Fsp3) is 1.00. The number of hydrogen-bond acceptors (Lipinski definition) is 5. The van der Waals surface area contributed by atoms with Crippen molar-refractivity contribution in [3.05, 3.63) is 0 Å². The van der Waals surface area contributed by atoms with Crippen molar-refractivity contribution in [2.45, 2.75) is 81.8 Å². The molecule has 2 N–H and O–H groups in total. The summed E-state index contributed by atoms with van der Waals surface area (Å²) in [7, 11) is 0. The lowest BCUT2D eigenvalue weighted by Gasteiger charge is -2.31. The van der Waals surface area contributed by atoms with Crippen LogP contribution in [0.15, 0.2) is 0 Å². The number of hydrogen-bond donors (Lipinski definition) is 2. The van der Waals surface area contributed by atoms with Crippen LogP contribution in [0.4, 0.5) is 0 Å². The molecular weight excluding hydrogens is 270 g/mol. The minimum absolute atomic E-state index is 0.242. The van der Waals surface area contributed by atoms with Crippen molar-refractivity contribution in [2.24, 2.45) is 0 Å². The average Bonchev–Trinajstić information content (AvgIpc) is 2.99. The Bertz CT molecular complexity index is 309. The molecule has 122 valence electrons. The van der Waals surface area contributed by atoms with Crippen LogP contribution in [0.2, 0.25) is 0 Å². The number of nitrogens with one attached hydrogen (secondary N) is 1. The fourth-order valence-electron chi connectivity index (χ4n) is 3.71. The standard InChI is InChI=1S/C16H29NO4/c18-13(10-19-14-4-2-1-3-5-14)9-17-12-6-7-15-16(8-12)21-11-20-15/h12-18H,1-11H2. The predicted molar refractivity (Wildman–Crippen MR) is 79.1 cm³/mol. The fourth-order valence-corrected chi connectivity index (χ4v) is 3.71. The summed E-state index contributed by atoms with van der Waals surface area (Å²) in [5.74, 6) is 0. The van der Waals surface area contributed by atoms with Gasteiger partial charge >= 0.3 is 0 Å². The van der Waals surface area contributed by atoms with Crippen molar-refractivity contribution >= 4 is 0 Å². The van der Waals surface area contributed by atoms with Gasteiger partial charge in [0.1, 0.15) is 6.79 Å². The third-order valence-corrected chi connectivity index (χ3v) is 5.01. The summed E-state index contributed by atoms with van der Waals surface area (Å²) in [6.45, 7) is 1.51. The SMILES string of the molecule is OC(CNC1CCC2OCOC2C1)COC1CCCCC1. The van der Waals surface area contributed by atoms with E-state index in [9.17, 15) is 5.11 Å². The smallest absolute Gasteiger partial charge is 0.147 e. The summed E-state index contributed by atoms with van der Waals surface area (Å²) in [4.78, 5) is 0. The molecule has 1 aliphatic heterocycles. The largest absolute Gasteiger partial charge is 0.389 e. The lowest BCUT2D eigenvalue weighted by molar-refractivity contribution is -0.0246. The van der Waals surface area contributed by atoms with Crippen molar-refractivity contribution in [3.63, 3.8) is 0 Å². The highest BCUT2D eigenvalue weighted by molar-refractivity contribution is 4.87. The third kappa shape index (κ3) is 4.63. The molecule has 3 aliphatic rings. The van der Waals surface area contributed by atoms with E-state index < -0.39 is 6.10 Å². The number of aliphatic hydroxyl groups is 1. The first kappa shape index (κ1) is 15.7. The van der Waals surface area contributed by atoms with E-state index in [-0.39, 0.29) is 6.10 Å². The van der Waals surface area contributed by atoms with Crippen LogP contribution in [0.25, 0.3) is 0 Å². The predicted octanol–water partition coefficient (Wildman–Crippen LogP) is 1.58. The van der Waals surface area contributed by atoms with Crippen LogP contribution in [-0.2, 0) is 14.2 Å². The monoisotopic (exact) mass is 299 g/mol. The van der Waals surface area contributed by atoms with E-state index in [0.29, 0.717) is 38.2 Å². The molecule has 0 aromatic heterocycles. The Morgan fingerprint density at radius 2 is 1.86 bits per heavy atom. The zero-order chi connectivity index (χ0) is 14.5. The van der Waals surface area contributed by atoms with E-state index in [0.717, 1.165) is 32.1 Å². The molecule has 1 saturated heterocycles. The first-order chi connectivity index (χ1) is 10.3. The van der Waals surface area contributed by atoms with Crippen LogP contribution in [0.3, 0.4) is 0 Å². The molecule has 1 heterocycles. The maximum Gasteiger partial charge on any atom is 0.147 e. The molecule has 0 aromatic carbocycles. The summed E-state index contributed by atoms with van der Waals surface area (Å²) >= 11 is 0. The molecule has 3 fully saturated rings. The van der Waals surface area contributed by atoms with Crippen molar-refractivity contribution in [3.8, 4) is 0 Å². The van der Waals surface area contributed by atoms with Crippen LogP contribution in [0.1, 0.15) is 51.4 Å². The number of ether oxygens (including phenoxy) is 3. The highest BCUT2D eigenvalue weighted by Gasteiger charge is 2.35. The number of aliphatic hydroxyl groups excluding tert-OH is 1. The lowest BCUT2D eigenvalue weighted by atomic mass is 9.90. The maximum absolute atomic E-state index is 10.1. The minimum atomic E-state index is -0.412. The second-order valence-electron chi connectivity index (χ2n) is 6.69. The molecule has 2 aliphatic carbocycles. The van der Waals surface area contributed by atoms with Gasteiger partial charge in [-0.2, -0.15) is 0 Å². The summed E-state index contributed by atoms with van der Waals surface area (Å²) < 4.78 is 16.9. The summed E-state index contributed by atoms with van der Waals surface area (Å²) in [6.07, 6.45) is 9.81. The molecule has 0 bridgehead atoms. The van der Waals surface area contributed by atoms with E-state index >= 15 is 0 Å². The minimum Gasteiger partial charge on any atom is -0.389 e. The first-order valence-electron chi connectivity index (χ1n) is 8.57. The molecule has 0 amide bonds. The second kappa shape index (κ2) is 7.88. The summed E-state index contributed by atoms with van der Waals surface area (Å²) in [5.41, 5.74) is 0. The molecule has 4 atom stereocenters. The normalized spacial score (nSPS) is 35.6. The van der Waals surface area contributed by atoms with Crippen molar-refractivity contribution < 1.29 is 19.3 Å². The van der Waals surface area contributed by atoms with Gasteiger partial charge in [0.05, 0.1) is 31.0 Å². The van der Waals surface area contributed by atoms with Gasteiger partial charge in [0.25, 0.3) is 0 Å². The molecule has 5 heteroatoms. The average molecular weight is 299 g/mol. The van der Waals surface area contributed by atoms with Crippen LogP contribution < -0.4 is 5.32 Å². The zero-order valence-corrected chi connectivity index (χ0v) is 12.8. The van der Waals surface area contributed by atoms with Gasteiger partial charge in [0.2, 0.25) is 0 Å². The molecule has 0 aromatic rings. The van der Waals surface area contributed by atoms with Crippen molar-refractivity contribution in [1.29, 1.82) is 0 Å². The molecule has 5 nitrogen and oxygen atoms in total. The zero-order valence-electron chi connectivity index (χ0n) is 12.8. The van der Waals surface area contributed by atoms with E-state index in [1.807, 2.05) is 0 Å². The Labute approximate surface area is 127 Å². The maximum atomic E-state index is 10.1. The van der Waals surface area contributed by atoms with Crippen molar-refractivity contribution in [1.82, 2.24) is 5.32 Å². The number of fused-ring (bicyclic) bond motifs is 1. The highest BCUT2D eigenvalue weighted by Crippen LogP contribution is 2.28. The van der Waals surface area contributed by atoms with Crippen LogP contribution in [0.5, 0.6) is 0 Å². The number of rotatable bonds is 6. The van der Waals surface area contributed by atoms with E-state index in [4.69, 9.17) is 14.2 Å². The van der Waals surface area contributed by atoms with Gasteiger partial charge < -0.3 is 24.6 Å². The Kier molecular flexibility index (Phi) is 5.89. The topological polar surface area (TPSA) is 60.0 Å². The molecule has 3 rings (SSSR count). The molecule has 2 saturated carbocycles. The summed E-state index contributed by atoms with van der Waals surface area (Å²) in [6, 6.07) is 0.428. The van der Waals surface area contributed by atoms with Crippen molar-refractivity contribution in [2.75, 3.05) is 19.9 Å². The molecule has 21 heavy (non-hydrogen) atoms. The molecule has 0 spiro atoms.